The largest absolute Gasteiger partial charge is 0.497 e. The molecule has 8 nitrogen and oxygen atoms in total. The van der Waals surface area contributed by atoms with E-state index >= 15 is 0 Å². The number of nitrogens with one attached hydrogen (secondary N) is 1. The molecule has 0 aliphatic rings. The minimum Gasteiger partial charge on any atom is -0.497 e. The van der Waals surface area contributed by atoms with E-state index in [9.17, 15) is 14.9 Å². The molecule has 0 atom stereocenters. The van der Waals surface area contributed by atoms with Crippen molar-refractivity contribution in [3.63, 3.8) is 0 Å². The van der Waals surface area contributed by atoms with Gasteiger partial charge in [-0.25, -0.2) is 4.98 Å². The summed E-state index contributed by atoms with van der Waals surface area (Å²) in [6, 6.07) is 11.4. The maximum atomic E-state index is 12.4. The minimum atomic E-state index is -0.596. The average Bonchev–Trinajstić information content (AvgIpc) is 3.15. The average molecular weight is 385 g/mol. The number of hydrogen-bond acceptors (Lipinski definition) is 7. The third-order valence-corrected chi connectivity index (χ3v) is 4.51. The molecule has 138 valence electrons. The Morgan fingerprint density at radius 1 is 1.15 bits per heavy atom. The van der Waals surface area contributed by atoms with Gasteiger partial charge in [0.1, 0.15) is 5.75 Å². The van der Waals surface area contributed by atoms with E-state index in [1.165, 1.54) is 36.6 Å². The number of hydrogen-bond donors (Lipinski definition) is 1. The van der Waals surface area contributed by atoms with Crippen molar-refractivity contribution >= 4 is 28.1 Å². The molecule has 1 amide bonds. The predicted octanol–water partition coefficient (Wildman–Crippen LogP) is 3.99. The molecule has 0 aliphatic carbocycles. The van der Waals surface area contributed by atoms with Crippen LogP contribution in [0.4, 0.5) is 10.8 Å². The summed E-state index contributed by atoms with van der Waals surface area (Å²) in [5.74, 6) is 0.340. The summed E-state index contributed by atoms with van der Waals surface area (Å²) in [4.78, 5) is 27.3. The van der Waals surface area contributed by atoms with Gasteiger partial charge in [-0.3, -0.25) is 20.2 Å². The van der Waals surface area contributed by atoms with Crippen molar-refractivity contribution in [3.05, 3.63) is 63.5 Å². The highest BCUT2D eigenvalue weighted by atomic mass is 32.1. The normalized spacial score (nSPS) is 10.3. The standard InChI is InChI=1S/C18H15N3O5S/c1-25-13-6-3-11(4-7-13)14-10-27-18(19-14)20-17(22)12-5-8-16(26-2)15(9-12)21(23)24/h3-10H,1-2H3,(H,19,20,22). The molecule has 0 spiro atoms. The van der Waals surface area contributed by atoms with Crippen LogP contribution in [0, 0.1) is 10.1 Å². The Kier molecular flexibility index (Phi) is 5.32. The number of aromatic nitrogens is 1. The molecule has 9 heteroatoms. The first kappa shape index (κ1) is 18.3. The molecule has 0 saturated carbocycles. The number of methoxy groups -OCH3 is 2. The molecule has 0 bridgehead atoms. The van der Waals surface area contributed by atoms with Gasteiger partial charge in [0.25, 0.3) is 5.91 Å². The summed E-state index contributed by atoms with van der Waals surface area (Å²) in [7, 11) is 2.92. The van der Waals surface area contributed by atoms with E-state index < -0.39 is 10.8 Å². The minimum absolute atomic E-state index is 0.0904. The van der Waals surface area contributed by atoms with Gasteiger partial charge in [0.2, 0.25) is 0 Å². The van der Waals surface area contributed by atoms with Gasteiger partial charge in [0.15, 0.2) is 10.9 Å². The van der Waals surface area contributed by atoms with Crippen LogP contribution in [0.5, 0.6) is 11.5 Å². The zero-order valence-electron chi connectivity index (χ0n) is 14.5. The van der Waals surface area contributed by atoms with Crippen LogP contribution in [0.1, 0.15) is 10.4 Å². The molecule has 1 N–H and O–H groups in total. The number of rotatable bonds is 6. The predicted molar refractivity (Wildman–Crippen MR) is 102 cm³/mol. The van der Waals surface area contributed by atoms with Crippen LogP contribution in [-0.4, -0.2) is 30.0 Å². The number of amides is 1. The van der Waals surface area contributed by atoms with Crippen molar-refractivity contribution in [2.75, 3.05) is 19.5 Å². The lowest BCUT2D eigenvalue weighted by Crippen LogP contribution is -2.12. The van der Waals surface area contributed by atoms with Gasteiger partial charge in [-0.05, 0) is 36.4 Å². The fraction of sp³-hybridized carbons (Fsp3) is 0.111. The van der Waals surface area contributed by atoms with Crippen molar-refractivity contribution in [2.45, 2.75) is 0 Å². The quantitative estimate of drug-likeness (QED) is 0.508. The lowest BCUT2D eigenvalue weighted by atomic mass is 10.1. The van der Waals surface area contributed by atoms with Gasteiger partial charge in [0, 0.05) is 22.6 Å². The summed E-state index contributed by atoms with van der Waals surface area (Å²) in [6.07, 6.45) is 0. The van der Waals surface area contributed by atoms with Crippen LogP contribution in [0.15, 0.2) is 47.8 Å². The molecule has 3 rings (SSSR count). The molecule has 0 fully saturated rings. The fourth-order valence-corrected chi connectivity index (χ4v) is 3.08. The smallest absolute Gasteiger partial charge is 0.311 e. The number of thiazole rings is 1. The third-order valence-electron chi connectivity index (χ3n) is 3.75. The van der Waals surface area contributed by atoms with Crippen LogP contribution >= 0.6 is 11.3 Å². The number of nitro benzene ring substituents is 1. The summed E-state index contributed by atoms with van der Waals surface area (Å²) in [5, 5.41) is 16.0. The van der Waals surface area contributed by atoms with Crippen molar-refractivity contribution in [1.29, 1.82) is 0 Å². The van der Waals surface area contributed by atoms with E-state index in [0.717, 1.165) is 11.3 Å². The van der Waals surface area contributed by atoms with E-state index in [4.69, 9.17) is 9.47 Å². The summed E-state index contributed by atoms with van der Waals surface area (Å²) < 4.78 is 10.1. The molecular weight excluding hydrogens is 370 g/mol. The molecule has 1 heterocycles. The third kappa shape index (κ3) is 4.04. The number of carbonyl (C=O) groups is 1. The van der Waals surface area contributed by atoms with Gasteiger partial charge >= 0.3 is 5.69 Å². The molecule has 2 aromatic carbocycles. The van der Waals surface area contributed by atoms with Crippen molar-refractivity contribution in [3.8, 4) is 22.8 Å². The maximum absolute atomic E-state index is 12.4. The first-order chi connectivity index (χ1) is 13.0. The number of carbonyl (C=O) groups excluding carboxylic acids is 1. The van der Waals surface area contributed by atoms with E-state index in [1.54, 1.807) is 7.11 Å². The molecule has 1 aromatic heterocycles. The summed E-state index contributed by atoms with van der Waals surface area (Å²) in [6.45, 7) is 0. The number of anilines is 1. The second-order valence-electron chi connectivity index (χ2n) is 5.36. The van der Waals surface area contributed by atoms with Crippen LogP contribution in [0.3, 0.4) is 0 Å². The van der Waals surface area contributed by atoms with Gasteiger partial charge in [-0.15, -0.1) is 11.3 Å². The Balaban J connectivity index is 1.77. The Bertz CT molecular complexity index is 985. The van der Waals surface area contributed by atoms with Crippen LogP contribution in [0.25, 0.3) is 11.3 Å². The maximum Gasteiger partial charge on any atom is 0.311 e. The first-order valence-corrected chi connectivity index (χ1v) is 8.63. The van der Waals surface area contributed by atoms with Gasteiger partial charge in [-0.1, -0.05) is 0 Å². The topological polar surface area (TPSA) is 104 Å². The highest BCUT2D eigenvalue weighted by Crippen LogP contribution is 2.29. The molecule has 0 saturated heterocycles. The van der Waals surface area contributed by atoms with Crippen molar-refractivity contribution in [2.24, 2.45) is 0 Å². The molecule has 0 unspecified atom stereocenters. The number of nitrogens with zero attached hydrogens (tertiary/aromatic N) is 2. The molecule has 3 aromatic rings. The molecule has 0 aliphatic heterocycles. The number of nitro groups is 1. The van der Waals surface area contributed by atoms with Crippen molar-refractivity contribution < 1.29 is 19.2 Å². The van der Waals surface area contributed by atoms with E-state index in [-0.39, 0.29) is 17.0 Å². The second kappa shape index (κ2) is 7.83. The number of benzene rings is 2. The molecular formula is C18H15N3O5S. The van der Waals surface area contributed by atoms with Gasteiger partial charge in [0.05, 0.1) is 24.8 Å². The lowest BCUT2D eigenvalue weighted by molar-refractivity contribution is -0.385. The second-order valence-corrected chi connectivity index (χ2v) is 6.22. The van der Waals surface area contributed by atoms with Gasteiger partial charge in [-0.2, -0.15) is 0 Å². The van der Waals surface area contributed by atoms with Crippen LogP contribution in [-0.2, 0) is 0 Å². The number of ether oxygens (including phenoxy) is 2. The monoisotopic (exact) mass is 385 g/mol. The van der Waals surface area contributed by atoms with Gasteiger partial charge < -0.3 is 9.47 Å². The van der Waals surface area contributed by atoms with E-state index in [1.807, 2.05) is 29.6 Å². The SMILES string of the molecule is COc1ccc(-c2csc(NC(=O)c3ccc(OC)c([N+](=O)[O-])c3)n2)cc1. The highest BCUT2D eigenvalue weighted by Gasteiger charge is 2.19. The first-order valence-electron chi connectivity index (χ1n) is 7.75. The van der Waals surface area contributed by atoms with Crippen LogP contribution < -0.4 is 14.8 Å². The Hall–Kier alpha value is -3.46. The Morgan fingerprint density at radius 2 is 1.89 bits per heavy atom. The Morgan fingerprint density at radius 3 is 2.52 bits per heavy atom. The molecule has 0 radical (unpaired) electrons. The summed E-state index contributed by atoms with van der Waals surface area (Å²) >= 11 is 1.26. The van der Waals surface area contributed by atoms with E-state index in [0.29, 0.717) is 10.8 Å². The van der Waals surface area contributed by atoms with Crippen molar-refractivity contribution in [1.82, 2.24) is 4.98 Å². The summed E-state index contributed by atoms with van der Waals surface area (Å²) in [5.41, 5.74) is 1.46. The zero-order valence-corrected chi connectivity index (χ0v) is 15.3. The Labute approximate surface area is 158 Å². The zero-order chi connectivity index (χ0) is 19.4. The highest BCUT2D eigenvalue weighted by molar-refractivity contribution is 7.14. The fourth-order valence-electron chi connectivity index (χ4n) is 2.37. The van der Waals surface area contributed by atoms with E-state index in [2.05, 4.69) is 10.3 Å². The van der Waals surface area contributed by atoms with Crippen LogP contribution in [0.2, 0.25) is 0 Å². The lowest BCUT2D eigenvalue weighted by Gasteiger charge is -2.05. The molecule has 27 heavy (non-hydrogen) atoms.